The molecule has 0 unspecified atom stereocenters. The molecule has 0 saturated heterocycles. The zero-order chi connectivity index (χ0) is 27.3. The number of hydrogen-bond acceptors (Lipinski definition) is 8. The predicted molar refractivity (Wildman–Crippen MR) is 155 cm³/mol. The van der Waals surface area contributed by atoms with E-state index >= 15 is 0 Å². The van der Waals surface area contributed by atoms with Gasteiger partial charge in [0.25, 0.3) is 5.91 Å². The normalized spacial score (nSPS) is 11.0. The molecule has 1 amide bonds. The largest absolute Gasteiger partial charge is 0.378 e. The van der Waals surface area contributed by atoms with Crippen LogP contribution in [-0.4, -0.2) is 37.9 Å². The van der Waals surface area contributed by atoms with Crippen LogP contribution < -0.4 is 10.6 Å². The first-order valence-corrected chi connectivity index (χ1v) is 13.5. The van der Waals surface area contributed by atoms with Crippen LogP contribution in [0.25, 0.3) is 21.7 Å². The third-order valence-electron chi connectivity index (χ3n) is 6.38. The lowest BCUT2D eigenvalue weighted by Gasteiger charge is -2.10. The Kier molecular flexibility index (Phi) is 7.14. The van der Waals surface area contributed by atoms with Gasteiger partial charge in [-0.2, -0.15) is 0 Å². The number of carbonyl (C=O) groups is 2. The molecule has 6 aromatic rings. The maximum atomic E-state index is 13.2. The van der Waals surface area contributed by atoms with E-state index in [-0.39, 0.29) is 18.2 Å². The molecule has 0 aliphatic rings. The number of pyridine rings is 1. The zero-order valence-corrected chi connectivity index (χ0v) is 22.1. The first-order chi connectivity index (χ1) is 19.6. The van der Waals surface area contributed by atoms with Crippen LogP contribution in [0, 0.1) is 0 Å². The quantitative estimate of drug-likeness (QED) is 0.204. The Bertz CT molecular complexity index is 1760. The van der Waals surface area contributed by atoms with Gasteiger partial charge in [-0.15, -0.1) is 11.3 Å². The lowest BCUT2D eigenvalue weighted by atomic mass is 10.1. The molecule has 4 heterocycles. The molecule has 0 bridgehead atoms. The van der Waals surface area contributed by atoms with Crippen molar-refractivity contribution in [3.8, 4) is 10.6 Å². The van der Waals surface area contributed by atoms with Gasteiger partial charge in [0.2, 0.25) is 5.95 Å². The van der Waals surface area contributed by atoms with Crippen LogP contribution in [0.2, 0.25) is 0 Å². The molecule has 9 nitrogen and oxygen atoms in total. The van der Waals surface area contributed by atoms with Gasteiger partial charge in [-0.1, -0.05) is 41.6 Å². The molecular formula is C30H24N6O3S. The van der Waals surface area contributed by atoms with Gasteiger partial charge in [0, 0.05) is 36.3 Å². The van der Waals surface area contributed by atoms with E-state index in [9.17, 15) is 9.59 Å². The molecule has 0 radical (unpaired) electrons. The summed E-state index contributed by atoms with van der Waals surface area (Å²) in [6, 6.07) is 24.2. The molecule has 0 aliphatic carbocycles. The topological polar surface area (TPSA) is 115 Å². The molecule has 0 atom stereocenters. The molecule has 0 saturated carbocycles. The number of nitrogens with zero attached hydrogens (tertiary/aromatic N) is 4. The van der Waals surface area contributed by atoms with Crippen LogP contribution >= 0.6 is 11.3 Å². The smallest absolute Gasteiger partial charge is 0.268 e. The average Bonchev–Trinajstić information content (AvgIpc) is 3.76. The Morgan fingerprint density at radius 1 is 0.950 bits per heavy atom. The van der Waals surface area contributed by atoms with Crippen molar-refractivity contribution in [2.24, 2.45) is 0 Å². The first-order valence-electron chi connectivity index (χ1n) is 12.7. The summed E-state index contributed by atoms with van der Waals surface area (Å²) in [4.78, 5) is 36.1. The van der Waals surface area contributed by atoms with Crippen molar-refractivity contribution in [1.82, 2.24) is 19.7 Å². The molecule has 0 spiro atoms. The summed E-state index contributed by atoms with van der Waals surface area (Å²) in [6.07, 6.45) is 5.86. The molecule has 4 aromatic heterocycles. The van der Waals surface area contributed by atoms with Gasteiger partial charge in [0.1, 0.15) is 0 Å². The molecule has 10 heteroatoms. The highest BCUT2D eigenvalue weighted by molar-refractivity contribution is 7.17. The third kappa shape index (κ3) is 5.52. The minimum atomic E-state index is -0.263. The second kappa shape index (κ2) is 11.3. The second-order valence-corrected chi connectivity index (χ2v) is 10.1. The van der Waals surface area contributed by atoms with Gasteiger partial charge in [0.05, 0.1) is 33.5 Å². The number of rotatable bonds is 10. The van der Waals surface area contributed by atoms with Gasteiger partial charge in [-0.05, 0) is 48.4 Å². The van der Waals surface area contributed by atoms with E-state index in [1.807, 2.05) is 65.4 Å². The van der Waals surface area contributed by atoms with E-state index in [1.54, 1.807) is 36.7 Å². The van der Waals surface area contributed by atoms with E-state index in [0.29, 0.717) is 40.6 Å². The minimum absolute atomic E-state index is 0.00343. The summed E-state index contributed by atoms with van der Waals surface area (Å²) in [5.41, 5.74) is 4.07. The van der Waals surface area contributed by atoms with Crippen molar-refractivity contribution in [1.29, 1.82) is 0 Å². The molecule has 198 valence electrons. The summed E-state index contributed by atoms with van der Waals surface area (Å²) in [7, 11) is 0. The molecule has 40 heavy (non-hydrogen) atoms. The predicted octanol–water partition coefficient (Wildman–Crippen LogP) is 5.94. The zero-order valence-electron chi connectivity index (χ0n) is 21.3. The third-order valence-corrected chi connectivity index (χ3v) is 7.48. The number of thiophene rings is 1. The summed E-state index contributed by atoms with van der Waals surface area (Å²) in [6.45, 7) is 0.748. The van der Waals surface area contributed by atoms with Crippen LogP contribution in [-0.2, 0) is 13.0 Å². The van der Waals surface area contributed by atoms with Crippen LogP contribution in [0.4, 0.5) is 11.6 Å². The number of benzene rings is 2. The number of ketones is 1. The number of amides is 1. The number of imidazole rings is 1. The molecule has 2 N–H and O–H groups in total. The number of carbonyl (C=O) groups excluding carboxylic acids is 2. The minimum Gasteiger partial charge on any atom is -0.378 e. The number of nitrogens with one attached hydrogen (secondary N) is 2. The number of anilines is 2. The Morgan fingerprint density at radius 3 is 2.65 bits per heavy atom. The Labute approximate surface area is 233 Å². The van der Waals surface area contributed by atoms with Crippen molar-refractivity contribution in [2.45, 2.75) is 13.0 Å². The molecule has 0 aliphatic heterocycles. The first kappa shape index (κ1) is 25.2. The average molecular weight is 549 g/mol. The highest BCUT2D eigenvalue weighted by atomic mass is 32.1. The summed E-state index contributed by atoms with van der Waals surface area (Å²) < 4.78 is 7.21. The number of Topliss-reactive ketones (excluding diaryl/α,β-unsaturated/α-hetero) is 1. The van der Waals surface area contributed by atoms with E-state index in [1.165, 1.54) is 11.3 Å². The number of hydrogen-bond donors (Lipinski definition) is 2. The van der Waals surface area contributed by atoms with Crippen LogP contribution in [0.5, 0.6) is 0 Å². The lowest BCUT2D eigenvalue weighted by molar-refractivity contribution is 0.100. The summed E-state index contributed by atoms with van der Waals surface area (Å²) >= 11 is 1.32. The standard InChI is InChI=1S/C30H24N6O3S/c37-25(21-6-2-1-3-7-21)19-32-22-8-9-24-23(17-22)34-30(36(24)16-13-20-5-4-14-31-18-20)35-29(38)28-11-10-27(40-28)26-12-15-33-39-26/h1-12,14-15,17-18,32H,13,16,19H2,(H,34,35,38). The van der Waals surface area contributed by atoms with Crippen molar-refractivity contribution >= 4 is 45.7 Å². The lowest BCUT2D eigenvalue weighted by Crippen LogP contribution is -2.15. The van der Waals surface area contributed by atoms with E-state index in [0.717, 1.165) is 21.6 Å². The SMILES string of the molecule is O=C(CNc1ccc2c(c1)nc(NC(=O)c1ccc(-c3ccno3)s1)n2CCc1cccnc1)c1ccccc1. The van der Waals surface area contributed by atoms with Crippen molar-refractivity contribution in [3.63, 3.8) is 0 Å². The van der Waals surface area contributed by atoms with Crippen molar-refractivity contribution in [2.75, 3.05) is 17.2 Å². The van der Waals surface area contributed by atoms with E-state index in [2.05, 4.69) is 20.8 Å². The monoisotopic (exact) mass is 548 g/mol. The highest BCUT2D eigenvalue weighted by Gasteiger charge is 2.18. The van der Waals surface area contributed by atoms with Crippen LogP contribution in [0.1, 0.15) is 25.6 Å². The van der Waals surface area contributed by atoms with Crippen molar-refractivity contribution in [3.05, 3.63) is 113 Å². The fraction of sp³-hybridized carbons (Fsp3) is 0.100. The van der Waals surface area contributed by atoms with E-state index in [4.69, 9.17) is 9.51 Å². The number of aromatic nitrogens is 4. The molecule has 2 aromatic carbocycles. The van der Waals surface area contributed by atoms with Gasteiger partial charge < -0.3 is 14.4 Å². The maximum Gasteiger partial charge on any atom is 0.268 e. The summed E-state index contributed by atoms with van der Waals surface area (Å²) in [5.74, 6) is 0.784. The van der Waals surface area contributed by atoms with Gasteiger partial charge in [-0.25, -0.2) is 4.98 Å². The molecule has 6 rings (SSSR count). The molecule has 0 fully saturated rings. The maximum absolute atomic E-state index is 13.2. The summed E-state index contributed by atoms with van der Waals surface area (Å²) in [5, 5.41) is 9.92. The van der Waals surface area contributed by atoms with Gasteiger partial charge >= 0.3 is 0 Å². The highest BCUT2D eigenvalue weighted by Crippen LogP contribution is 2.29. The Hall–Kier alpha value is -5.09. The van der Waals surface area contributed by atoms with Crippen LogP contribution in [0.3, 0.4) is 0 Å². The van der Waals surface area contributed by atoms with Gasteiger partial charge in [0.15, 0.2) is 11.5 Å². The number of fused-ring (bicyclic) bond motifs is 1. The van der Waals surface area contributed by atoms with Gasteiger partial charge in [-0.3, -0.25) is 19.9 Å². The Morgan fingerprint density at radius 2 is 1.85 bits per heavy atom. The fourth-order valence-electron chi connectivity index (χ4n) is 4.36. The van der Waals surface area contributed by atoms with Crippen LogP contribution in [0.15, 0.2) is 102 Å². The van der Waals surface area contributed by atoms with Crippen molar-refractivity contribution < 1.29 is 14.1 Å². The molecular weight excluding hydrogens is 524 g/mol. The fourth-order valence-corrected chi connectivity index (χ4v) is 5.21. The number of aryl methyl sites for hydroxylation is 2. The second-order valence-electron chi connectivity index (χ2n) is 9.04. The van der Waals surface area contributed by atoms with E-state index < -0.39 is 0 Å². The Balaban J connectivity index is 1.25.